The number of benzene rings is 1. The van der Waals surface area contributed by atoms with Crippen LogP contribution in [-0.4, -0.2) is 33.6 Å². The monoisotopic (exact) mass is 289 g/mol. The maximum atomic E-state index is 13.3. The van der Waals surface area contributed by atoms with Crippen LogP contribution < -0.4 is 10.1 Å². The molecule has 0 radical (unpaired) electrons. The highest BCUT2D eigenvalue weighted by Gasteiger charge is 2.15. The molecule has 2 atom stereocenters. The summed E-state index contributed by atoms with van der Waals surface area (Å²) >= 11 is 0. The maximum Gasteiger partial charge on any atom is 0.165 e. The van der Waals surface area contributed by atoms with E-state index in [0.717, 1.165) is 5.56 Å². The van der Waals surface area contributed by atoms with Crippen molar-refractivity contribution < 1.29 is 17.5 Å². The molecule has 0 saturated carbocycles. The Morgan fingerprint density at radius 1 is 1.37 bits per heavy atom. The van der Waals surface area contributed by atoms with Crippen LogP contribution in [0.2, 0.25) is 0 Å². The van der Waals surface area contributed by atoms with Crippen molar-refractivity contribution in [3.8, 4) is 5.75 Å². The molecule has 19 heavy (non-hydrogen) atoms. The van der Waals surface area contributed by atoms with Gasteiger partial charge in [0.2, 0.25) is 0 Å². The van der Waals surface area contributed by atoms with Crippen LogP contribution in [0.3, 0.4) is 0 Å². The Bertz CT molecular complexity index is 531. The molecule has 1 N–H and O–H groups in total. The van der Waals surface area contributed by atoms with Gasteiger partial charge in [-0.3, -0.25) is 0 Å². The van der Waals surface area contributed by atoms with Crippen LogP contribution in [0.1, 0.15) is 25.5 Å². The van der Waals surface area contributed by atoms with Crippen molar-refractivity contribution in [3.63, 3.8) is 0 Å². The topological polar surface area (TPSA) is 55.4 Å². The Hall–Kier alpha value is -1.14. The first-order valence-corrected chi connectivity index (χ1v) is 8.06. The van der Waals surface area contributed by atoms with Gasteiger partial charge in [-0.15, -0.1) is 0 Å². The van der Waals surface area contributed by atoms with Gasteiger partial charge >= 0.3 is 0 Å². The number of halogens is 1. The minimum atomic E-state index is -3.02. The first kappa shape index (κ1) is 15.9. The molecular weight excluding hydrogens is 269 g/mol. The van der Waals surface area contributed by atoms with Crippen molar-refractivity contribution in [1.29, 1.82) is 0 Å². The molecule has 1 rings (SSSR count). The van der Waals surface area contributed by atoms with Crippen molar-refractivity contribution in [2.45, 2.75) is 25.9 Å². The molecule has 0 bridgehead atoms. The third kappa shape index (κ3) is 5.16. The Balaban J connectivity index is 2.75. The lowest BCUT2D eigenvalue weighted by molar-refractivity contribution is 0.384. The Labute approximate surface area is 113 Å². The summed E-state index contributed by atoms with van der Waals surface area (Å²) in [5.74, 6) is -0.167. The summed E-state index contributed by atoms with van der Waals surface area (Å²) < 4.78 is 40.6. The second-order valence-corrected chi connectivity index (χ2v) is 6.96. The van der Waals surface area contributed by atoms with Crippen molar-refractivity contribution in [3.05, 3.63) is 29.6 Å². The fourth-order valence-electron chi connectivity index (χ4n) is 1.97. The van der Waals surface area contributed by atoms with E-state index in [1.54, 1.807) is 19.1 Å². The molecule has 1 aromatic rings. The van der Waals surface area contributed by atoms with E-state index in [2.05, 4.69) is 5.32 Å². The summed E-state index contributed by atoms with van der Waals surface area (Å²) in [5, 5.41) is 3.17. The van der Waals surface area contributed by atoms with Gasteiger partial charge in [0, 0.05) is 18.3 Å². The Morgan fingerprint density at radius 2 is 2.00 bits per heavy atom. The van der Waals surface area contributed by atoms with Crippen molar-refractivity contribution in [1.82, 2.24) is 5.32 Å². The van der Waals surface area contributed by atoms with Gasteiger partial charge in [0.05, 0.1) is 12.9 Å². The van der Waals surface area contributed by atoms with Gasteiger partial charge in [-0.25, -0.2) is 12.8 Å². The summed E-state index contributed by atoms with van der Waals surface area (Å²) in [4.78, 5) is 0. The molecule has 0 saturated heterocycles. The highest BCUT2D eigenvalue weighted by molar-refractivity contribution is 7.90. The van der Waals surface area contributed by atoms with Gasteiger partial charge in [0.15, 0.2) is 11.6 Å². The van der Waals surface area contributed by atoms with Crippen molar-refractivity contribution in [2.24, 2.45) is 0 Å². The highest BCUT2D eigenvalue weighted by atomic mass is 32.2. The number of sulfone groups is 1. The first-order chi connectivity index (χ1) is 8.73. The summed E-state index contributed by atoms with van der Waals surface area (Å²) in [5.41, 5.74) is 0.846. The molecule has 1 aromatic carbocycles. The van der Waals surface area contributed by atoms with Gasteiger partial charge in [-0.1, -0.05) is 6.07 Å². The quantitative estimate of drug-likeness (QED) is 0.869. The smallest absolute Gasteiger partial charge is 0.165 e. The molecule has 4 nitrogen and oxygen atoms in total. The number of rotatable bonds is 6. The fourth-order valence-corrected chi connectivity index (χ4v) is 2.98. The van der Waals surface area contributed by atoms with Gasteiger partial charge in [0.1, 0.15) is 9.84 Å². The molecule has 108 valence electrons. The number of methoxy groups -OCH3 is 1. The van der Waals surface area contributed by atoms with E-state index in [1.165, 1.54) is 19.4 Å². The number of hydrogen-bond acceptors (Lipinski definition) is 4. The zero-order valence-corrected chi connectivity index (χ0v) is 12.4. The van der Waals surface area contributed by atoms with Crippen LogP contribution in [0.25, 0.3) is 0 Å². The molecule has 0 spiro atoms. The number of nitrogens with one attached hydrogen (secondary N) is 1. The van der Waals surface area contributed by atoms with Gasteiger partial charge in [-0.2, -0.15) is 0 Å². The van der Waals surface area contributed by atoms with Crippen LogP contribution in [0, 0.1) is 5.82 Å². The zero-order chi connectivity index (χ0) is 14.6. The summed E-state index contributed by atoms with van der Waals surface area (Å²) in [6, 6.07) is 4.34. The van der Waals surface area contributed by atoms with Crippen LogP contribution in [0.4, 0.5) is 4.39 Å². The second-order valence-electron chi connectivity index (χ2n) is 4.78. The van der Waals surface area contributed by atoms with Gasteiger partial charge in [-0.05, 0) is 31.5 Å². The Kier molecular flexibility index (Phi) is 5.31. The lowest BCUT2D eigenvalue weighted by Crippen LogP contribution is -2.34. The molecule has 0 aliphatic carbocycles. The molecule has 0 aliphatic rings. The third-order valence-corrected chi connectivity index (χ3v) is 3.87. The predicted octanol–water partition coefficient (Wildman–Crippen LogP) is 1.92. The molecule has 0 aliphatic heterocycles. The largest absolute Gasteiger partial charge is 0.494 e. The minimum absolute atomic E-state index is 0.0651. The third-order valence-electron chi connectivity index (χ3n) is 2.76. The standard InChI is InChI=1S/C13H20FNO3S/c1-9(8-19(4,16)17)15-10(2)11-5-6-12(14)13(7-11)18-3/h5-7,9-10,15H,8H2,1-4H3. The average molecular weight is 289 g/mol. The SMILES string of the molecule is COc1cc(C(C)NC(C)CS(C)(=O)=O)ccc1F. The Morgan fingerprint density at radius 3 is 2.53 bits per heavy atom. The van der Waals surface area contributed by atoms with Crippen molar-refractivity contribution >= 4 is 9.84 Å². The van der Waals surface area contributed by atoms with Gasteiger partial charge < -0.3 is 10.1 Å². The molecule has 0 aromatic heterocycles. The van der Waals surface area contributed by atoms with Crippen LogP contribution in [0.5, 0.6) is 5.75 Å². The highest BCUT2D eigenvalue weighted by Crippen LogP contribution is 2.22. The van der Waals surface area contributed by atoms with E-state index < -0.39 is 15.7 Å². The zero-order valence-electron chi connectivity index (χ0n) is 11.6. The van der Waals surface area contributed by atoms with E-state index in [1.807, 2.05) is 6.92 Å². The second kappa shape index (κ2) is 6.34. The number of hydrogen-bond donors (Lipinski definition) is 1. The fraction of sp³-hybridized carbons (Fsp3) is 0.538. The molecule has 6 heteroatoms. The van der Waals surface area contributed by atoms with Crippen LogP contribution in [-0.2, 0) is 9.84 Å². The molecular formula is C13H20FNO3S. The first-order valence-electron chi connectivity index (χ1n) is 6.00. The lowest BCUT2D eigenvalue weighted by Gasteiger charge is -2.20. The minimum Gasteiger partial charge on any atom is -0.494 e. The normalized spacial score (nSPS) is 15.0. The van der Waals surface area contributed by atoms with E-state index in [-0.39, 0.29) is 23.6 Å². The van der Waals surface area contributed by atoms with Gasteiger partial charge in [0.25, 0.3) is 0 Å². The summed E-state index contributed by atoms with van der Waals surface area (Å²) in [7, 11) is -1.61. The van der Waals surface area contributed by atoms with E-state index >= 15 is 0 Å². The molecule has 0 fully saturated rings. The lowest BCUT2D eigenvalue weighted by atomic mass is 10.1. The predicted molar refractivity (Wildman–Crippen MR) is 73.7 cm³/mol. The van der Waals surface area contributed by atoms with E-state index in [9.17, 15) is 12.8 Å². The molecule has 0 heterocycles. The average Bonchev–Trinajstić information content (AvgIpc) is 2.26. The van der Waals surface area contributed by atoms with E-state index in [0.29, 0.717) is 0 Å². The maximum absolute atomic E-state index is 13.3. The summed E-state index contributed by atoms with van der Waals surface area (Å²) in [6.07, 6.45) is 1.21. The van der Waals surface area contributed by atoms with E-state index in [4.69, 9.17) is 4.74 Å². The molecule has 2 unspecified atom stereocenters. The summed E-state index contributed by atoms with van der Waals surface area (Å²) in [6.45, 7) is 3.70. The molecule has 0 amide bonds. The van der Waals surface area contributed by atoms with Crippen LogP contribution in [0.15, 0.2) is 18.2 Å². The number of ether oxygens (including phenoxy) is 1. The van der Waals surface area contributed by atoms with Crippen LogP contribution >= 0.6 is 0 Å². The van der Waals surface area contributed by atoms with Crippen molar-refractivity contribution in [2.75, 3.05) is 19.1 Å².